The number of urea groups is 4. The van der Waals surface area contributed by atoms with Gasteiger partial charge in [0, 0.05) is 157 Å². The molecule has 12 aromatic rings. The van der Waals surface area contributed by atoms with E-state index in [0.717, 1.165) is 41.6 Å². The van der Waals surface area contributed by atoms with Gasteiger partial charge in [0.05, 0.1) is 107 Å². The fourth-order valence-corrected chi connectivity index (χ4v) is 12.4. The number of amides is 12. The molecule has 698 valence electrons. The zero-order valence-electron chi connectivity index (χ0n) is 74.0. The lowest BCUT2D eigenvalue weighted by atomic mass is 9.77. The van der Waals surface area contributed by atoms with Gasteiger partial charge in [0.1, 0.15) is 40.4 Å². The number of halogens is 3. The molecule has 41 nitrogen and oxygen atoms in total. The Balaban J connectivity index is 0.000000188. The highest BCUT2D eigenvalue weighted by atomic mass is 35.5. The molecule has 9 aromatic heterocycles. The minimum absolute atomic E-state index is 0.0647. The molecule has 0 radical (unpaired) electrons. The molecule has 0 saturated heterocycles. The van der Waals surface area contributed by atoms with Crippen LogP contribution in [0.5, 0.6) is 5.88 Å². The van der Waals surface area contributed by atoms with Crippen molar-refractivity contribution < 1.29 is 61.4 Å². The van der Waals surface area contributed by atoms with Gasteiger partial charge in [-0.1, -0.05) is 23.7 Å². The molecule has 3 aromatic carbocycles. The first kappa shape index (κ1) is 99.7. The van der Waals surface area contributed by atoms with Crippen LogP contribution in [0.25, 0.3) is 0 Å². The van der Waals surface area contributed by atoms with Crippen molar-refractivity contribution in [3.8, 4) is 5.88 Å². The molecule has 13 rings (SSSR count). The van der Waals surface area contributed by atoms with E-state index in [1.807, 2.05) is 39.0 Å². The first-order valence-corrected chi connectivity index (χ1v) is 42.3. The number of carbonyl (C=O) groups is 9. The number of ether oxygens (including phenoxy) is 2. The van der Waals surface area contributed by atoms with Gasteiger partial charge >= 0.3 is 30.1 Å². The molecule has 0 aliphatic heterocycles. The van der Waals surface area contributed by atoms with Crippen LogP contribution in [0.1, 0.15) is 113 Å². The lowest BCUT2D eigenvalue weighted by Crippen LogP contribution is -2.53. The number of nitrogens with zero attached hydrogens (tertiary/aromatic N) is 11. The lowest BCUT2D eigenvalue weighted by Gasteiger charge is -2.39. The predicted molar refractivity (Wildman–Crippen MR) is 510 cm³/mol. The molecule has 19 N–H and O–H groups in total. The first-order chi connectivity index (χ1) is 65.2. The van der Waals surface area contributed by atoms with E-state index in [1.54, 1.807) is 149 Å². The summed E-state index contributed by atoms with van der Waals surface area (Å²) in [5, 5.41) is 58.8. The maximum Gasteiger partial charge on any atom is 0.331 e. The number of hydrogen-bond acceptors (Lipinski definition) is 29. The van der Waals surface area contributed by atoms with Crippen LogP contribution in [0.4, 0.5) is 125 Å². The van der Waals surface area contributed by atoms with Crippen LogP contribution < -0.4 is 95.1 Å². The molecule has 12 amide bonds. The van der Waals surface area contributed by atoms with Crippen LogP contribution in [-0.4, -0.2) is 161 Å². The monoisotopic (exact) mass is 1860 g/mol. The van der Waals surface area contributed by atoms with E-state index < -0.39 is 47.1 Å². The summed E-state index contributed by atoms with van der Waals surface area (Å²) in [7, 11) is 1.51. The molecule has 1 fully saturated rings. The second-order valence-corrected chi connectivity index (χ2v) is 29.3. The van der Waals surface area contributed by atoms with E-state index in [-0.39, 0.29) is 81.8 Å². The first-order valence-electron chi connectivity index (χ1n) is 42.0. The number of methoxy groups -OCH3 is 1. The minimum atomic E-state index is -0.821. The third-order valence-electron chi connectivity index (χ3n) is 18.7. The maximum atomic E-state index is 13.7. The summed E-state index contributed by atoms with van der Waals surface area (Å²) < 4.78 is 37.8. The number of pyridine rings is 8. The molecule has 9 heterocycles. The molecule has 135 heavy (non-hydrogen) atoms. The van der Waals surface area contributed by atoms with Gasteiger partial charge in [-0.25, -0.2) is 73.2 Å². The summed E-state index contributed by atoms with van der Waals surface area (Å²) in [6.45, 7) is 13.0. The lowest BCUT2D eigenvalue weighted by molar-refractivity contribution is -0.151. The molecule has 44 heteroatoms. The Hall–Kier alpha value is -17.4. The largest absolute Gasteiger partial charge is 0.481 e. The summed E-state index contributed by atoms with van der Waals surface area (Å²) in [5.41, 5.74) is 14.6. The molecular formula is C91H97ClF2N30O11. The topological polar surface area (TPSA) is 566 Å². The van der Waals surface area contributed by atoms with Gasteiger partial charge in [0.2, 0.25) is 11.8 Å². The quantitative estimate of drug-likeness (QED) is 0.0101. The van der Waals surface area contributed by atoms with E-state index in [9.17, 15) is 51.9 Å². The number of carbonyl (C=O) groups excluding carboxylic acids is 9. The number of rotatable bonds is 34. The summed E-state index contributed by atoms with van der Waals surface area (Å²) in [5.74, 6) is -2.05. The van der Waals surface area contributed by atoms with Gasteiger partial charge in [0.25, 0.3) is 23.6 Å². The molecule has 1 aliphatic rings. The number of aromatic nitrogens is 10. The minimum Gasteiger partial charge on any atom is -0.481 e. The van der Waals surface area contributed by atoms with Crippen LogP contribution >= 0.6 is 11.6 Å². The van der Waals surface area contributed by atoms with Gasteiger partial charge in [-0.05, 0) is 170 Å². The number of benzene rings is 3. The van der Waals surface area contributed by atoms with Gasteiger partial charge in [0.15, 0.2) is 0 Å². The standard InChI is InChI=1S/C26H29ClN8O4.C25H26F2N8O2.C20H21N7O3.C20H21N7O2/c1-3-28-25(38)34-21-12-20(32-17-8-6-16(27)7-9-17)19(15-29-21)22(36)33-18-13-30-24(31-14-18)35-26(10-5-11-26)23(37)39-4-2;1-2-30-25(37)35-23-12-22(33-20-10-16(26)9-17(27)11-20)21(14-31-23)24(36)34-19-7-4-15(5-8-19)3-6-18(28)13-32-29;1-3-22-20(29)27-17-10-16(25-13-6-8-23-18(9-13)30-2)15(12-24-17)19(28)26-14-5-4-7-21-11-14;1-3-22-20(29)27-18-10-17(25-14-6-8-23-13(2)9-14)16(12-24-18)19(28)26-15-5-4-7-21-11-15/h6-9,12-15H,3-5,10-11H2,1-2H3,(H,33,36)(H,30,31,35)(H3,28,29,32,34,38);4-5,7-12,14,28-29H,2-3,6,13H2,1H3,(H,34,36)(H3,30,31,33,35,37);4-12H,3H2,1-2H3,(H,26,28)(H3,22,23,24,25,27,29);4-12H,3H2,1-2H3,(H,26,28)(H3,22,23,24,25,27,29). The van der Waals surface area contributed by atoms with Crippen molar-refractivity contribution in [2.45, 2.75) is 79.2 Å². The van der Waals surface area contributed by atoms with Gasteiger partial charge in [-0.15, -0.1) is 0 Å². The smallest absolute Gasteiger partial charge is 0.331 e. The van der Waals surface area contributed by atoms with Crippen molar-refractivity contribution in [3.63, 3.8) is 0 Å². The second-order valence-electron chi connectivity index (χ2n) is 28.8. The molecule has 0 spiro atoms. The van der Waals surface area contributed by atoms with Crippen LogP contribution in [-0.2, 0) is 16.0 Å². The Morgan fingerprint density at radius 3 is 1.25 bits per heavy atom. The van der Waals surface area contributed by atoms with E-state index in [0.29, 0.717) is 138 Å². The van der Waals surface area contributed by atoms with Crippen molar-refractivity contribution in [1.82, 2.24) is 71.1 Å². The normalized spacial score (nSPS) is 11.1. The van der Waals surface area contributed by atoms with Gasteiger partial charge in [-0.2, -0.15) is 5.11 Å². The Bertz CT molecular complexity index is 6120. The Morgan fingerprint density at radius 1 is 0.437 bits per heavy atom. The number of anilines is 17. The maximum absolute atomic E-state index is 13.7. The fourth-order valence-electron chi connectivity index (χ4n) is 12.3. The number of hydrogen-bond donors (Lipinski definition) is 19. The highest BCUT2D eigenvalue weighted by Crippen LogP contribution is 2.37. The molecule has 1 saturated carbocycles. The van der Waals surface area contributed by atoms with Crippen LogP contribution in [0, 0.1) is 29.5 Å². The van der Waals surface area contributed by atoms with Gasteiger partial charge < -0.3 is 84.0 Å². The average molecular weight is 1860 g/mol. The zero-order chi connectivity index (χ0) is 96.6. The van der Waals surface area contributed by atoms with E-state index in [1.165, 1.54) is 56.6 Å². The van der Waals surface area contributed by atoms with Crippen molar-refractivity contribution in [3.05, 3.63) is 264 Å². The van der Waals surface area contributed by atoms with Crippen molar-refractivity contribution in [1.29, 1.82) is 10.9 Å². The Kier molecular flexibility index (Phi) is 37.3. The molecular weight excluding hydrogens is 1760 g/mol. The highest BCUT2D eigenvalue weighted by molar-refractivity contribution is 6.30. The number of esters is 1. The number of aryl methyl sites for hydroxylation is 2. The van der Waals surface area contributed by atoms with E-state index >= 15 is 0 Å². The molecule has 1 aliphatic carbocycles. The van der Waals surface area contributed by atoms with Crippen molar-refractivity contribution in [2.24, 2.45) is 5.11 Å². The third kappa shape index (κ3) is 31.5. The van der Waals surface area contributed by atoms with Crippen LogP contribution in [0.3, 0.4) is 0 Å². The second kappa shape index (κ2) is 50.5. The molecule has 0 atom stereocenters. The average Bonchev–Trinajstić information content (AvgIpc) is 0.790. The SMILES string of the molecule is CCNC(=O)Nc1cc(Nc2cc(F)cc(F)c2)c(C(=O)Nc2ccc(CCC(=N)CN=N)cc2)cn1.CCNC(=O)Nc1cc(Nc2ccc(Cl)cc2)c(C(=O)Nc2cnc(NC3(C(=O)OCC)CCC3)nc2)cn1.CCNC(=O)Nc1cc(Nc2ccnc(C)c2)c(C(=O)Nc2cccnc2)cn1.CCNC(=O)Nc1cc(Nc2ccnc(OC)c2)c(C(=O)Nc2cccnc2)cn1. The van der Waals surface area contributed by atoms with Crippen molar-refractivity contribution in [2.75, 3.05) is 116 Å². The summed E-state index contributed by atoms with van der Waals surface area (Å²) in [4.78, 5) is 153. The van der Waals surface area contributed by atoms with Crippen LogP contribution in [0.15, 0.2) is 219 Å². The molecule has 0 unspecified atom stereocenters. The molecule has 0 bridgehead atoms. The van der Waals surface area contributed by atoms with Crippen LogP contribution in [0.2, 0.25) is 5.02 Å². The van der Waals surface area contributed by atoms with Crippen molar-refractivity contribution >= 4 is 169 Å². The summed E-state index contributed by atoms with van der Waals surface area (Å²) in [6.07, 6.45) is 21.1. The zero-order valence-corrected chi connectivity index (χ0v) is 74.8. The number of nitrogens with one attached hydrogen (secondary N) is 19. The Morgan fingerprint density at radius 2 is 0.852 bits per heavy atom. The summed E-state index contributed by atoms with van der Waals surface area (Å²) in [6, 6.07) is 35.2. The van der Waals surface area contributed by atoms with E-state index in [2.05, 4.69) is 145 Å². The summed E-state index contributed by atoms with van der Waals surface area (Å²) >= 11 is 5.99. The van der Waals surface area contributed by atoms with E-state index in [4.69, 9.17) is 32.0 Å². The third-order valence-corrected chi connectivity index (χ3v) is 19.0. The predicted octanol–water partition coefficient (Wildman–Crippen LogP) is 16.4. The highest BCUT2D eigenvalue weighted by Gasteiger charge is 2.46. The van der Waals surface area contributed by atoms with Gasteiger partial charge in [-0.3, -0.25) is 55.4 Å². The fraction of sp³-hybridized carbons (Fsp3) is 0.209. The Labute approximate surface area is 777 Å².